The molecule has 0 atom stereocenters. The van der Waals surface area contributed by atoms with Crippen LogP contribution in [0.4, 0.5) is 0 Å². The predicted octanol–water partition coefficient (Wildman–Crippen LogP) is 7.01. The summed E-state index contributed by atoms with van der Waals surface area (Å²) in [6.07, 6.45) is 6.02. The Kier molecular flexibility index (Phi) is 7.59. The number of benzene rings is 3. The van der Waals surface area contributed by atoms with Gasteiger partial charge in [0.1, 0.15) is 29.4 Å². The highest BCUT2D eigenvalue weighted by Gasteiger charge is 2.20. The Morgan fingerprint density at radius 3 is 2.54 bits per heavy atom. The summed E-state index contributed by atoms with van der Waals surface area (Å²) < 4.78 is 17.9. The summed E-state index contributed by atoms with van der Waals surface area (Å²) in [6.45, 7) is 5.43. The number of carbonyl (C=O) groups is 1. The van der Waals surface area contributed by atoms with Crippen LogP contribution in [0.2, 0.25) is 0 Å². The molecule has 190 valence electrons. The highest BCUT2D eigenvalue weighted by Crippen LogP contribution is 2.38. The van der Waals surface area contributed by atoms with Crippen LogP contribution in [0, 0.1) is 0 Å². The third-order valence-corrected chi connectivity index (χ3v) is 6.77. The summed E-state index contributed by atoms with van der Waals surface area (Å²) in [4.78, 5) is 12.8. The lowest BCUT2D eigenvalue weighted by molar-refractivity contribution is -0.116. The highest BCUT2D eigenvalue weighted by atomic mass is 16.5. The third kappa shape index (κ3) is 5.88. The van der Waals surface area contributed by atoms with Crippen LogP contribution in [-0.2, 0) is 30.8 Å². The molecule has 0 unspecified atom stereocenters. The molecule has 0 saturated heterocycles. The van der Waals surface area contributed by atoms with Gasteiger partial charge in [-0.3, -0.25) is 4.79 Å². The quantitative estimate of drug-likeness (QED) is 0.254. The second-order valence-corrected chi connectivity index (χ2v) is 9.45. The molecule has 0 spiro atoms. The second-order valence-electron chi connectivity index (χ2n) is 9.45. The van der Waals surface area contributed by atoms with E-state index in [1.807, 2.05) is 74.5 Å². The van der Waals surface area contributed by atoms with E-state index in [4.69, 9.17) is 13.9 Å². The van der Waals surface area contributed by atoms with Crippen molar-refractivity contribution in [1.29, 1.82) is 0 Å². The Labute approximate surface area is 218 Å². The van der Waals surface area contributed by atoms with Gasteiger partial charge in [0.05, 0.1) is 6.61 Å². The maximum atomic E-state index is 12.8. The number of hydrogen-bond acceptors (Lipinski definition) is 4. The molecule has 1 N–H and O–H groups in total. The van der Waals surface area contributed by atoms with Crippen LogP contribution in [0.15, 0.2) is 77.2 Å². The Bertz CT molecular complexity index is 1400. The molecule has 5 rings (SSSR count). The molecule has 37 heavy (non-hydrogen) atoms. The first-order valence-electron chi connectivity index (χ1n) is 13.0. The first kappa shape index (κ1) is 24.7. The molecule has 5 heteroatoms. The molecule has 0 radical (unpaired) electrons. The van der Waals surface area contributed by atoms with Gasteiger partial charge < -0.3 is 19.2 Å². The van der Waals surface area contributed by atoms with E-state index in [2.05, 4.69) is 11.4 Å². The number of aryl methyl sites for hydroxylation is 2. The molecule has 1 aromatic heterocycles. The van der Waals surface area contributed by atoms with E-state index in [1.54, 1.807) is 6.08 Å². The lowest BCUT2D eigenvalue weighted by Crippen LogP contribution is -2.20. The molecule has 1 amide bonds. The Morgan fingerprint density at radius 1 is 0.973 bits per heavy atom. The van der Waals surface area contributed by atoms with Gasteiger partial charge in [-0.05, 0) is 68.0 Å². The molecule has 0 fully saturated rings. The number of carbonyl (C=O) groups excluding carboxylic acids is 1. The minimum absolute atomic E-state index is 0.140. The first-order valence-corrected chi connectivity index (χ1v) is 13.0. The lowest BCUT2D eigenvalue weighted by Gasteiger charge is -2.12. The van der Waals surface area contributed by atoms with Crippen molar-refractivity contribution >= 4 is 22.4 Å². The van der Waals surface area contributed by atoms with Gasteiger partial charge in [0.2, 0.25) is 5.91 Å². The molecule has 3 aromatic carbocycles. The Hall–Kier alpha value is -3.99. The lowest BCUT2D eigenvalue weighted by atomic mass is 9.94. The minimum Gasteiger partial charge on any atom is -0.493 e. The fraction of sp³-hybridized carbons (Fsp3) is 0.281. The van der Waals surface area contributed by atoms with Crippen molar-refractivity contribution in [3.63, 3.8) is 0 Å². The maximum absolute atomic E-state index is 12.8. The average Bonchev–Trinajstić information content (AvgIpc) is 3.29. The topological polar surface area (TPSA) is 60.7 Å². The Morgan fingerprint density at radius 2 is 1.76 bits per heavy atom. The van der Waals surface area contributed by atoms with Crippen molar-refractivity contribution in [2.24, 2.45) is 0 Å². The summed E-state index contributed by atoms with van der Waals surface area (Å²) in [5.74, 6) is 2.50. The smallest absolute Gasteiger partial charge is 0.244 e. The van der Waals surface area contributed by atoms with Gasteiger partial charge in [-0.1, -0.05) is 42.5 Å². The standard InChI is InChI=1S/C32H33NO4/c1-3-35-30-19-31-28(26-11-7-8-12-29(26)37-31)18-27(30)22(2)17-32(34)33-20-23-13-15-25(16-14-23)36-21-24-9-5-4-6-10-24/h4-6,9-10,13-19H,3,7-8,11-12,20-21H2,1-2H3,(H,33,34)/b22-17+. The number of nitrogens with one attached hydrogen (secondary N) is 1. The number of amides is 1. The van der Waals surface area contributed by atoms with Crippen molar-refractivity contribution in [2.45, 2.75) is 52.7 Å². The van der Waals surface area contributed by atoms with Crippen LogP contribution in [0.1, 0.15) is 54.7 Å². The number of rotatable bonds is 9. The summed E-state index contributed by atoms with van der Waals surface area (Å²) >= 11 is 0. The van der Waals surface area contributed by atoms with Gasteiger partial charge in [0, 0.05) is 41.6 Å². The van der Waals surface area contributed by atoms with Gasteiger partial charge in [0.25, 0.3) is 0 Å². The van der Waals surface area contributed by atoms with E-state index in [1.165, 1.54) is 18.4 Å². The highest BCUT2D eigenvalue weighted by molar-refractivity contribution is 5.97. The Balaban J connectivity index is 1.24. The second kappa shape index (κ2) is 11.4. The molecule has 0 bridgehead atoms. The number of hydrogen-bond donors (Lipinski definition) is 1. The van der Waals surface area contributed by atoms with Gasteiger partial charge in [-0.25, -0.2) is 0 Å². The van der Waals surface area contributed by atoms with Crippen LogP contribution < -0.4 is 14.8 Å². The zero-order valence-corrected chi connectivity index (χ0v) is 21.5. The average molecular weight is 496 g/mol. The van der Waals surface area contributed by atoms with Crippen molar-refractivity contribution in [3.05, 3.63) is 101 Å². The van der Waals surface area contributed by atoms with Crippen LogP contribution >= 0.6 is 0 Å². The number of furan rings is 1. The molecule has 1 aliphatic rings. The SMILES string of the molecule is CCOc1cc2oc3c(c2cc1/C(C)=C/C(=O)NCc1ccc(OCc2ccccc2)cc1)CCCC3. The molecule has 4 aromatic rings. The summed E-state index contributed by atoms with van der Waals surface area (Å²) in [5, 5.41) is 4.13. The van der Waals surface area contributed by atoms with E-state index in [9.17, 15) is 4.79 Å². The summed E-state index contributed by atoms with van der Waals surface area (Å²) in [6, 6.07) is 22.0. The van der Waals surface area contributed by atoms with Gasteiger partial charge >= 0.3 is 0 Å². The molecule has 0 saturated carbocycles. The molecule has 0 aliphatic heterocycles. The number of allylic oxidation sites excluding steroid dienone is 1. The van der Waals surface area contributed by atoms with Crippen LogP contribution in [-0.4, -0.2) is 12.5 Å². The normalized spacial score (nSPS) is 13.3. The molecule has 1 heterocycles. The van der Waals surface area contributed by atoms with Crippen molar-refractivity contribution in [3.8, 4) is 11.5 Å². The van der Waals surface area contributed by atoms with E-state index < -0.39 is 0 Å². The largest absolute Gasteiger partial charge is 0.493 e. The van der Waals surface area contributed by atoms with Gasteiger partial charge in [-0.2, -0.15) is 0 Å². The van der Waals surface area contributed by atoms with Gasteiger partial charge in [-0.15, -0.1) is 0 Å². The van der Waals surface area contributed by atoms with E-state index in [0.29, 0.717) is 19.8 Å². The van der Waals surface area contributed by atoms with E-state index in [-0.39, 0.29) is 5.91 Å². The van der Waals surface area contributed by atoms with E-state index >= 15 is 0 Å². The monoisotopic (exact) mass is 495 g/mol. The molecule has 1 aliphatic carbocycles. The summed E-state index contributed by atoms with van der Waals surface area (Å²) in [7, 11) is 0. The minimum atomic E-state index is -0.140. The number of ether oxygens (including phenoxy) is 2. The van der Waals surface area contributed by atoms with E-state index in [0.717, 1.165) is 63.3 Å². The van der Waals surface area contributed by atoms with Crippen LogP contribution in [0.3, 0.4) is 0 Å². The molecular formula is C32H33NO4. The van der Waals surface area contributed by atoms with Gasteiger partial charge in [0.15, 0.2) is 0 Å². The first-order chi connectivity index (χ1) is 18.1. The van der Waals surface area contributed by atoms with Crippen LogP contribution in [0.25, 0.3) is 16.5 Å². The zero-order valence-electron chi connectivity index (χ0n) is 21.5. The number of fused-ring (bicyclic) bond motifs is 3. The molecular weight excluding hydrogens is 462 g/mol. The van der Waals surface area contributed by atoms with Crippen molar-refractivity contribution < 1.29 is 18.7 Å². The third-order valence-electron chi connectivity index (χ3n) is 6.77. The van der Waals surface area contributed by atoms with Crippen molar-refractivity contribution in [2.75, 3.05) is 6.61 Å². The predicted molar refractivity (Wildman–Crippen MR) is 147 cm³/mol. The maximum Gasteiger partial charge on any atom is 0.244 e. The fourth-order valence-electron chi connectivity index (χ4n) is 4.83. The fourth-order valence-corrected chi connectivity index (χ4v) is 4.83. The van der Waals surface area contributed by atoms with Crippen LogP contribution in [0.5, 0.6) is 11.5 Å². The molecule has 5 nitrogen and oxygen atoms in total. The zero-order chi connectivity index (χ0) is 25.6. The van der Waals surface area contributed by atoms with Crippen molar-refractivity contribution in [1.82, 2.24) is 5.32 Å². The summed E-state index contributed by atoms with van der Waals surface area (Å²) in [5.41, 5.74) is 6.09.